The van der Waals surface area contributed by atoms with Crippen LogP contribution in [0.1, 0.15) is 20.3 Å². The van der Waals surface area contributed by atoms with Gasteiger partial charge in [0.2, 0.25) is 10.0 Å². The molecule has 0 aliphatic rings. The van der Waals surface area contributed by atoms with E-state index in [1.807, 2.05) is 13.8 Å². The van der Waals surface area contributed by atoms with Gasteiger partial charge in [0.05, 0.1) is 6.61 Å². The van der Waals surface area contributed by atoms with E-state index in [9.17, 15) is 17.9 Å². The summed E-state index contributed by atoms with van der Waals surface area (Å²) in [5.41, 5.74) is 5.70. The summed E-state index contributed by atoms with van der Waals surface area (Å²) >= 11 is 3.02. The lowest BCUT2D eigenvalue weighted by atomic mass is 10.1. The van der Waals surface area contributed by atoms with Gasteiger partial charge in [0.15, 0.2) is 0 Å². The highest BCUT2D eigenvalue weighted by Gasteiger charge is 2.24. The smallest absolute Gasteiger partial charge is 0.243 e. The van der Waals surface area contributed by atoms with Crippen LogP contribution in [0.2, 0.25) is 0 Å². The lowest BCUT2D eigenvalue weighted by Gasteiger charge is -2.18. The highest BCUT2D eigenvalue weighted by atomic mass is 79.9. The van der Waals surface area contributed by atoms with Crippen LogP contribution in [0.5, 0.6) is 0 Å². The third-order valence-corrected chi connectivity index (χ3v) is 4.86. The number of sulfonamides is 1. The largest absolute Gasteiger partial charge is 0.398 e. The number of aliphatic hydroxyl groups is 1. The van der Waals surface area contributed by atoms with Crippen molar-refractivity contribution in [1.29, 1.82) is 0 Å². The lowest BCUT2D eigenvalue weighted by molar-refractivity contribution is 0.240. The fraction of sp³-hybridized carbons (Fsp3) is 0.500. The molecule has 1 aromatic carbocycles. The van der Waals surface area contributed by atoms with Crippen LogP contribution in [0.15, 0.2) is 21.5 Å². The molecule has 1 unspecified atom stereocenters. The van der Waals surface area contributed by atoms with Crippen molar-refractivity contribution >= 4 is 31.6 Å². The zero-order chi connectivity index (χ0) is 15.5. The summed E-state index contributed by atoms with van der Waals surface area (Å²) in [5, 5.41) is 9.20. The predicted molar refractivity (Wildman–Crippen MR) is 79.2 cm³/mol. The van der Waals surface area contributed by atoms with E-state index in [0.717, 1.165) is 12.1 Å². The highest BCUT2D eigenvalue weighted by Crippen LogP contribution is 2.26. The average Bonchev–Trinajstić information content (AvgIpc) is 2.31. The molecule has 0 aromatic heterocycles. The molecule has 0 aliphatic carbocycles. The monoisotopic (exact) mass is 368 g/mol. The zero-order valence-electron chi connectivity index (χ0n) is 11.2. The Morgan fingerprint density at radius 2 is 2.05 bits per heavy atom. The molecule has 0 heterocycles. The van der Waals surface area contributed by atoms with Gasteiger partial charge in [-0.25, -0.2) is 17.5 Å². The minimum atomic E-state index is -4.07. The summed E-state index contributed by atoms with van der Waals surface area (Å²) in [6.07, 6.45) is 0.448. The van der Waals surface area contributed by atoms with Gasteiger partial charge in [-0.15, -0.1) is 0 Å². The average molecular weight is 369 g/mol. The minimum absolute atomic E-state index is 0.121. The molecule has 0 spiro atoms. The van der Waals surface area contributed by atoms with E-state index in [0.29, 0.717) is 6.42 Å². The van der Waals surface area contributed by atoms with E-state index in [2.05, 4.69) is 20.7 Å². The van der Waals surface area contributed by atoms with Gasteiger partial charge in [-0.2, -0.15) is 0 Å². The first kappa shape index (κ1) is 17.4. The Morgan fingerprint density at radius 1 is 1.45 bits per heavy atom. The van der Waals surface area contributed by atoms with Gasteiger partial charge in [0.1, 0.15) is 10.7 Å². The number of nitrogens with one attached hydrogen (secondary N) is 1. The fourth-order valence-corrected chi connectivity index (χ4v) is 3.41. The number of halogens is 2. The van der Waals surface area contributed by atoms with Crippen LogP contribution < -0.4 is 10.5 Å². The number of hydrogen-bond donors (Lipinski definition) is 3. The van der Waals surface area contributed by atoms with E-state index in [1.165, 1.54) is 0 Å². The van der Waals surface area contributed by atoms with Gasteiger partial charge in [-0.05, 0) is 40.4 Å². The molecule has 0 saturated carbocycles. The number of aliphatic hydroxyl groups excluding tert-OH is 1. The molecule has 1 atom stereocenters. The molecule has 114 valence electrons. The molecule has 0 bridgehead atoms. The summed E-state index contributed by atoms with van der Waals surface area (Å²) in [6.45, 7) is 3.44. The van der Waals surface area contributed by atoms with Gasteiger partial charge >= 0.3 is 0 Å². The molecule has 8 heteroatoms. The fourth-order valence-electron chi connectivity index (χ4n) is 1.76. The number of benzene rings is 1. The van der Waals surface area contributed by atoms with Crippen LogP contribution in [0.3, 0.4) is 0 Å². The van der Waals surface area contributed by atoms with Crippen LogP contribution in [0, 0.1) is 11.7 Å². The molecule has 1 aromatic rings. The van der Waals surface area contributed by atoms with Gasteiger partial charge in [0, 0.05) is 16.2 Å². The molecule has 0 amide bonds. The topological polar surface area (TPSA) is 92.4 Å². The molecule has 20 heavy (non-hydrogen) atoms. The quantitative estimate of drug-likeness (QED) is 0.668. The Morgan fingerprint density at radius 3 is 2.55 bits per heavy atom. The Bertz CT molecular complexity index is 578. The molecule has 0 saturated heterocycles. The van der Waals surface area contributed by atoms with Crippen molar-refractivity contribution in [2.24, 2.45) is 5.92 Å². The first-order chi connectivity index (χ1) is 9.17. The van der Waals surface area contributed by atoms with Crippen molar-refractivity contribution < 1.29 is 17.9 Å². The Labute approximate surface area is 126 Å². The number of nitrogens with two attached hydrogens (primary N) is 1. The SMILES string of the molecule is CC(C)CC(CO)NS(=O)(=O)c1cc(N)c(Br)cc1F. The van der Waals surface area contributed by atoms with E-state index >= 15 is 0 Å². The van der Waals surface area contributed by atoms with Crippen LogP contribution in [0.4, 0.5) is 10.1 Å². The number of anilines is 1. The molecule has 4 N–H and O–H groups in total. The molecular weight excluding hydrogens is 351 g/mol. The summed E-state index contributed by atoms with van der Waals surface area (Å²) in [7, 11) is -4.07. The molecule has 1 rings (SSSR count). The van der Waals surface area contributed by atoms with Crippen molar-refractivity contribution in [2.75, 3.05) is 12.3 Å². The first-order valence-corrected chi connectivity index (χ1v) is 8.32. The molecule has 0 radical (unpaired) electrons. The summed E-state index contributed by atoms with van der Waals surface area (Å²) < 4.78 is 40.6. The second-order valence-corrected chi connectivity index (χ2v) is 7.47. The summed E-state index contributed by atoms with van der Waals surface area (Å²) in [4.78, 5) is -0.527. The highest BCUT2D eigenvalue weighted by molar-refractivity contribution is 9.10. The van der Waals surface area contributed by atoms with Gasteiger partial charge in [0.25, 0.3) is 0 Å². The Kier molecular flexibility index (Phi) is 5.93. The van der Waals surface area contributed by atoms with Crippen LogP contribution in [-0.4, -0.2) is 26.2 Å². The Balaban J connectivity index is 3.08. The van der Waals surface area contributed by atoms with Crippen molar-refractivity contribution in [2.45, 2.75) is 31.2 Å². The maximum absolute atomic E-state index is 13.8. The van der Waals surface area contributed by atoms with Gasteiger partial charge < -0.3 is 10.8 Å². The number of hydrogen-bond acceptors (Lipinski definition) is 4. The summed E-state index contributed by atoms with van der Waals surface area (Å²) in [6, 6.07) is 1.38. The minimum Gasteiger partial charge on any atom is -0.398 e. The third-order valence-electron chi connectivity index (χ3n) is 2.64. The first-order valence-electron chi connectivity index (χ1n) is 6.05. The maximum Gasteiger partial charge on any atom is 0.243 e. The lowest BCUT2D eigenvalue weighted by Crippen LogP contribution is -2.38. The van der Waals surface area contributed by atoms with Gasteiger partial charge in [-0.3, -0.25) is 0 Å². The van der Waals surface area contributed by atoms with Crippen molar-refractivity contribution in [3.05, 3.63) is 22.4 Å². The Hall–Kier alpha value is -0.700. The molecule has 5 nitrogen and oxygen atoms in total. The predicted octanol–water partition coefficient (Wildman–Crippen LogP) is 1.86. The van der Waals surface area contributed by atoms with Gasteiger partial charge in [-0.1, -0.05) is 13.8 Å². The third kappa shape index (κ3) is 4.41. The molecule has 0 aliphatic heterocycles. The van der Waals surface area contributed by atoms with Crippen molar-refractivity contribution in [1.82, 2.24) is 4.72 Å². The maximum atomic E-state index is 13.8. The van der Waals surface area contributed by atoms with Crippen LogP contribution in [0.25, 0.3) is 0 Å². The van der Waals surface area contributed by atoms with E-state index < -0.39 is 26.8 Å². The van der Waals surface area contributed by atoms with Crippen LogP contribution >= 0.6 is 15.9 Å². The van der Waals surface area contributed by atoms with Crippen LogP contribution in [-0.2, 0) is 10.0 Å². The van der Waals surface area contributed by atoms with E-state index in [4.69, 9.17) is 5.73 Å². The molecular formula is C12H18BrFN2O3S. The van der Waals surface area contributed by atoms with Crippen molar-refractivity contribution in [3.8, 4) is 0 Å². The van der Waals surface area contributed by atoms with E-state index in [1.54, 1.807) is 0 Å². The summed E-state index contributed by atoms with van der Waals surface area (Å²) in [5.74, 6) is -0.713. The number of nitrogen functional groups attached to an aromatic ring is 1. The second kappa shape index (κ2) is 6.84. The van der Waals surface area contributed by atoms with Crippen molar-refractivity contribution in [3.63, 3.8) is 0 Å². The normalized spacial score (nSPS) is 13.7. The molecule has 0 fully saturated rings. The number of rotatable bonds is 6. The zero-order valence-corrected chi connectivity index (χ0v) is 13.6. The standard InChI is InChI=1S/C12H18BrFN2O3S/c1-7(2)3-8(6-17)16-20(18,19)12-5-11(15)9(13)4-10(12)14/h4-5,7-8,16-17H,3,6,15H2,1-2H3. The van der Waals surface area contributed by atoms with E-state index in [-0.39, 0.29) is 22.7 Å². The second-order valence-electron chi connectivity index (χ2n) is 4.93.